The topological polar surface area (TPSA) is 91.2 Å². The van der Waals surface area contributed by atoms with E-state index in [0.29, 0.717) is 21.4 Å². The summed E-state index contributed by atoms with van der Waals surface area (Å²) in [4.78, 5) is 16.6. The van der Waals surface area contributed by atoms with Crippen LogP contribution >= 0.6 is 11.6 Å². The van der Waals surface area contributed by atoms with E-state index < -0.39 is 0 Å². The highest BCUT2D eigenvalue weighted by Gasteiger charge is 2.19. The second-order valence-corrected chi connectivity index (χ2v) is 5.05. The first-order chi connectivity index (χ1) is 10.2. The molecule has 2 aromatic heterocycles. The predicted molar refractivity (Wildman–Crippen MR) is 78.1 cm³/mol. The van der Waals surface area contributed by atoms with Crippen LogP contribution in [0.4, 0.5) is 0 Å². The van der Waals surface area contributed by atoms with Gasteiger partial charge >= 0.3 is 0 Å². The minimum absolute atomic E-state index is 0.151. The molecule has 0 radical (unpaired) electrons. The van der Waals surface area contributed by atoms with E-state index in [1.807, 2.05) is 0 Å². The molecule has 4 N–H and O–H groups in total. The van der Waals surface area contributed by atoms with E-state index in [-0.39, 0.29) is 17.3 Å². The van der Waals surface area contributed by atoms with Crippen LogP contribution in [-0.4, -0.2) is 4.98 Å². The number of hydrogen-bond donors (Lipinski definition) is 4. The Bertz CT molecular complexity index is 904. The van der Waals surface area contributed by atoms with Crippen molar-refractivity contribution in [2.45, 2.75) is 6.17 Å². The van der Waals surface area contributed by atoms with Gasteiger partial charge in [0.1, 0.15) is 6.17 Å². The maximum Gasteiger partial charge on any atom is 0.230 e. The highest BCUT2D eigenvalue weighted by atomic mass is 35.5. The molecule has 7 nitrogen and oxygen atoms in total. The maximum atomic E-state index is 12.6. The van der Waals surface area contributed by atoms with E-state index >= 15 is 0 Å². The van der Waals surface area contributed by atoms with E-state index in [2.05, 4.69) is 26.9 Å². The summed E-state index contributed by atoms with van der Waals surface area (Å²) in [7, 11) is 0. The van der Waals surface area contributed by atoms with Gasteiger partial charge in [-0.25, -0.2) is 15.8 Å². The molecule has 1 aliphatic rings. The molecule has 0 spiro atoms. The lowest BCUT2D eigenvalue weighted by atomic mass is 10.1. The summed E-state index contributed by atoms with van der Waals surface area (Å²) in [6, 6.07) is 6.87. The number of hydrogen-bond acceptors (Lipinski definition) is 7. The molecule has 1 aromatic carbocycles. The second kappa shape index (κ2) is 4.76. The number of aromatic nitrogens is 1. The SMILES string of the molecule is O=c1c2cccnc2oc2c(Cl)cc(C3NNNN3)cc12. The van der Waals surface area contributed by atoms with E-state index in [1.54, 1.807) is 30.5 Å². The lowest BCUT2D eigenvalue weighted by Gasteiger charge is -2.11. The molecule has 1 fully saturated rings. The smallest absolute Gasteiger partial charge is 0.230 e. The zero-order valence-electron chi connectivity index (χ0n) is 10.6. The molecule has 3 aromatic rings. The van der Waals surface area contributed by atoms with E-state index in [4.69, 9.17) is 16.0 Å². The van der Waals surface area contributed by atoms with Crippen LogP contribution in [0.1, 0.15) is 11.7 Å². The van der Waals surface area contributed by atoms with Gasteiger partial charge in [0, 0.05) is 6.20 Å². The summed E-state index contributed by atoms with van der Waals surface area (Å²) in [6.45, 7) is 0. The zero-order valence-corrected chi connectivity index (χ0v) is 11.4. The molecule has 0 saturated carbocycles. The maximum absolute atomic E-state index is 12.6. The van der Waals surface area contributed by atoms with Crippen molar-refractivity contribution >= 4 is 33.7 Å². The number of hydrazine groups is 3. The fraction of sp³-hybridized carbons (Fsp3) is 0.0769. The molecular formula is C13H10ClN5O2. The molecule has 21 heavy (non-hydrogen) atoms. The Hall–Kier alpha value is -2.03. The molecular weight excluding hydrogens is 294 g/mol. The van der Waals surface area contributed by atoms with Crippen LogP contribution in [0.2, 0.25) is 5.02 Å². The Labute approximate surface area is 123 Å². The quantitative estimate of drug-likeness (QED) is 0.501. The highest BCUT2D eigenvalue weighted by molar-refractivity contribution is 6.35. The van der Waals surface area contributed by atoms with Crippen molar-refractivity contribution in [3.8, 4) is 0 Å². The number of benzene rings is 1. The van der Waals surface area contributed by atoms with Gasteiger partial charge in [0.25, 0.3) is 0 Å². The summed E-state index contributed by atoms with van der Waals surface area (Å²) in [6.07, 6.45) is 1.36. The van der Waals surface area contributed by atoms with E-state index in [1.165, 1.54) is 0 Å². The van der Waals surface area contributed by atoms with Crippen molar-refractivity contribution in [2.24, 2.45) is 0 Å². The molecule has 4 rings (SSSR count). The van der Waals surface area contributed by atoms with E-state index in [9.17, 15) is 4.79 Å². The monoisotopic (exact) mass is 303 g/mol. The molecule has 106 valence electrons. The predicted octanol–water partition coefficient (Wildman–Crippen LogP) is 1.11. The molecule has 1 saturated heterocycles. The third kappa shape index (κ3) is 1.99. The van der Waals surface area contributed by atoms with Crippen LogP contribution < -0.4 is 27.3 Å². The molecule has 8 heteroatoms. The number of fused-ring (bicyclic) bond motifs is 2. The van der Waals surface area contributed by atoms with Crippen LogP contribution in [0.3, 0.4) is 0 Å². The zero-order chi connectivity index (χ0) is 14.4. The van der Waals surface area contributed by atoms with Crippen LogP contribution in [0.5, 0.6) is 0 Å². The molecule has 0 aliphatic carbocycles. The van der Waals surface area contributed by atoms with Gasteiger partial charge in [-0.1, -0.05) is 11.6 Å². The average molecular weight is 304 g/mol. The third-order valence-electron chi connectivity index (χ3n) is 3.35. The fourth-order valence-corrected chi connectivity index (χ4v) is 2.63. The number of halogens is 1. The van der Waals surface area contributed by atoms with Crippen molar-refractivity contribution in [1.29, 1.82) is 0 Å². The van der Waals surface area contributed by atoms with E-state index in [0.717, 1.165) is 5.56 Å². The highest BCUT2D eigenvalue weighted by Crippen LogP contribution is 2.28. The van der Waals surface area contributed by atoms with Gasteiger partial charge in [-0.3, -0.25) is 4.79 Å². The van der Waals surface area contributed by atoms with Crippen LogP contribution in [-0.2, 0) is 0 Å². The Kier molecular flexibility index (Phi) is 2.88. The summed E-state index contributed by atoms with van der Waals surface area (Å²) in [5, 5.41) is 1.22. The first-order valence-corrected chi connectivity index (χ1v) is 6.64. The Morgan fingerprint density at radius 2 is 2.00 bits per heavy atom. The minimum Gasteiger partial charge on any atom is -0.436 e. The molecule has 0 bridgehead atoms. The van der Waals surface area contributed by atoms with Crippen LogP contribution in [0, 0.1) is 0 Å². The summed E-state index contributed by atoms with van der Waals surface area (Å²) in [5.41, 5.74) is 12.6. The normalized spacial score (nSPS) is 16.0. The van der Waals surface area contributed by atoms with Gasteiger partial charge in [-0.15, -0.1) is 0 Å². The molecule has 3 heterocycles. The number of nitrogens with zero attached hydrogens (tertiary/aromatic N) is 1. The molecule has 0 atom stereocenters. The van der Waals surface area contributed by atoms with Gasteiger partial charge in [0.05, 0.1) is 15.8 Å². The van der Waals surface area contributed by atoms with Crippen molar-refractivity contribution in [2.75, 3.05) is 0 Å². The minimum atomic E-state index is -0.212. The van der Waals surface area contributed by atoms with Gasteiger partial charge in [-0.2, -0.15) is 11.1 Å². The summed E-state index contributed by atoms with van der Waals surface area (Å²) < 4.78 is 5.66. The van der Waals surface area contributed by atoms with Gasteiger partial charge in [-0.05, 0) is 29.8 Å². The molecule has 1 aliphatic heterocycles. The third-order valence-corrected chi connectivity index (χ3v) is 3.63. The lowest BCUT2D eigenvalue weighted by Crippen LogP contribution is -2.33. The van der Waals surface area contributed by atoms with Crippen LogP contribution in [0.25, 0.3) is 22.1 Å². The Morgan fingerprint density at radius 1 is 1.19 bits per heavy atom. The Morgan fingerprint density at radius 3 is 2.81 bits per heavy atom. The number of pyridine rings is 1. The lowest BCUT2D eigenvalue weighted by molar-refractivity contribution is 0.554. The largest absolute Gasteiger partial charge is 0.436 e. The van der Waals surface area contributed by atoms with Gasteiger partial charge in [0.2, 0.25) is 11.1 Å². The van der Waals surface area contributed by atoms with Gasteiger partial charge < -0.3 is 4.42 Å². The summed E-state index contributed by atoms with van der Waals surface area (Å²) >= 11 is 6.26. The Balaban J connectivity index is 2.05. The molecule has 0 amide bonds. The number of nitrogens with one attached hydrogen (secondary N) is 4. The van der Waals surface area contributed by atoms with Gasteiger partial charge in [0.15, 0.2) is 5.58 Å². The van der Waals surface area contributed by atoms with Crippen molar-refractivity contribution in [3.63, 3.8) is 0 Å². The molecule has 0 unspecified atom stereocenters. The average Bonchev–Trinajstić information content (AvgIpc) is 3.03. The number of rotatable bonds is 1. The van der Waals surface area contributed by atoms with Crippen LogP contribution in [0.15, 0.2) is 39.7 Å². The second-order valence-electron chi connectivity index (χ2n) is 4.64. The van der Waals surface area contributed by atoms with Crippen molar-refractivity contribution in [1.82, 2.24) is 26.9 Å². The standard InChI is InChI=1S/C13H10ClN5O2/c14-9-5-6(12-16-18-19-17-12)4-8-10(20)7-2-1-3-15-13(7)21-11(8)9/h1-5,12,16-19H. The van der Waals surface area contributed by atoms with Crippen molar-refractivity contribution in [3.05, 3.63) is 51.3 Å². The first kappa shape index (κ1) is 12.7. The fourth-order valence-electron chi connectivity index (χ4n) is 2.36. The summed E-state index contributed by atoms with van der Waals surface area (Å²) in [5.74, 6) is 0. The van der Waals surface area contributed by atoms with Crippen molar-refractivity contribution < 1.29 is 4.42 Å². The first-order valence-electron chi connectivity index (χ1n) is 6.26.